The number of esters is 1. The maximum Gasteiger partial charge on any atom is 0.340 e. The number of hydrogen-bond donors (Lipinski definition) is 2. The third-order valence-corrected chi connectivity index (χ3v) is 4.30. The number of H-pyrrole nitrogens is 1. The number of carbonyl (C=O) groups excluding carboxylic acids is 3. The summed E-state index contributed by atoms with van der Waals surface area (Å²) in [5.74, 6) is -2.60. The summed E-state index contributed by atoms with van der Waals surface area (Å²) < 4.78 is 18.4. The predicted octanol–water partition coefficient (Wildman–Crippen LogP) is 3.80. The molecule has 0 unspecified atom stereocenters. The highest BCUT2D eigenvalue weighted by Gasteiger charge is 2.29. The van der Waals surface area contributed by atoms with Gasteiger partial charge in [0.2, 0.25) is 0 Å². The fourth-order valence-corrected chi connectivity index (χ4v) is 2.93. The SMILES string of the molecule is CCCCCNC(=O)C(=O)c1[nH]c(C)c(C(=O)OCC)c1-c1ccc(F)cc1. The molecule has 0 aliphatic carbocycles. The average molecular weight is 388 g/mol. The van der Waals surface area contributed by atoms with E-state index in [0.29, 0.717) is 17.8 Å². The van der Waals surface area contributed by atoms with E-state index in [-0.39, 0.29) is 23.4 Å². The van der Waals surface area contributed by atoms with Crippen LogP contribution in [0.2, 0.25) is 0 Å². The van der Waals surface area contributed by atoms with Crippen LogP contribution in [-0.4, -0.2) is 35.8 Å². The molecule has 0 bridgehead atoms. The number of carbonyl (C=O) groups is 3. The summed E-state index contributed by atoms with van der Waals surface area (Å²) in [6.07, 6.45) is 2.72. The molecule has 0 fully saturated rings. The fraction of sp³-hybridized carbons (Fsp3) is 0.381. The molecule has 2 rings (SSSR count). The van der Waals surface area contributed by atoms with Crippen molar-refractivity contribution in [1.82, 2.24) is 10.3 Å². The number of aryl methyl sites for hydroxylation is 1. The lowest BCUT2D eigenvalue weighted by Crippen LogP contribution is -2.32. The average Bonchev–Trinajstić information content (AvgIpc) is 3.02. The van der Waals surface area contributed by atoms with Gasteiger partial charge in [-0.25, -0.2) is 9.18 Å². The molecule has 0 saturated carbocycles. The fourth-order valence-electron chi connectivity index (χ4n) is 2.93. The van der Waals surface area contributed by atoms with Crippen molar-refractivity contribution in [3.63, 3.8) is 0 Å². The van der Waals surface area contributed by atoms with Crippen molar-refractivity contribution in [1.29, 1.82) is 0 Å². The molecule has 7 heteroatoms. The molecule has 150 valence electrons. The topological polar surface area (TPSA) is 88.3 Å². The Labute approximate surface area is 163 Å². The minimum absolute atomic E-state index is 0.0137. The number of benzene rings is 1. The monoisotopic (exact) mass is 388 g/mol. The van der Waals surface area contributed by atoms with Gasteiger partial charge in [0, 0.05) is 17.8 Å². The molecule has 2 N–H and O–H groups in total. The van der Waals surface area contributed by atoms with E-state index in [2.05, 4.69) is 10.3 Å². The van der Waals surface area contributed by atoms with Crippen LogP contribution in [0.25, 0.3) is 11.1 Å². The van der Waals surface area contributed by atoms with E-state index in [1.54, 1.807) is 13.8 Å². The van der Waals surface area contributed by atoms with E-state index in [1.165, 1.54) is 24.3 Å². The second-order valence-electron chi connectivity index (χ2n) is 6.39. The molecule has 1 aromatic carbocycles. The number of aromatic amines is 1. The zero-order valence-electron chi connectivity index (χ0n) is 16.4. The van der Waals surface area contributed by atoms with E-state index in [0.717, 1.165) is 19.3 Å². The molecule has 0 spiro atoms. The number of hydrogen-bond acceptors (Lipinski definition) is 4. The van der Waals surface area contributed by atoms with Gasteiger partial charge >= 0.3 is 5.97 Å². The van der Waals surface area contributed by atoms with Crippen molar-refractivity contribution in [3.05, 3.63) is 47.0 Å². The zero-order chi connectivity index (χ0) is 20.7. The molecule has 28 heavy (non-hydrogen) atoms. The molecule has 1 amide bonds. The van der Waals surface area contributed by atoms with E-state index in [9.17, 15) is 18.8 Å². The van der Waals surface area contributed by atoms with Crippen molar-refractivity contribution in [3.8, 4) is 11.1 Å². The number of nitrogens with one attached hydrogen (secondary N) is 2. The summed E-state index contributed by atoms with van der Waals surface area (Å²) in [5, 5.41) is 2.60. The maximum absolute atomic E-state index is 13.3. The number of unbranched alkanes of at least 4 members (excludes halogenated alkanes) is 2. The number of amides is 1. The van der Waals surface area contributed by atoms with Crippen molar-refractivity contribution < 1.29 is 23.5 Å². The highest BCUT2D eigenvalue weighted by molar-refractivity contribution is 6.43. The Kier molecular flexibility index (Phi) is 7.49. The summed E-state index contributed by atoms with van der Waals surface area (Å²) in [6, 6.07) is 5.37. The van der Waals surface area contributed by atoms with Crippen molar-refractivity contribution in [2.45, 2.75) is 40.0 Å². The van der Waals surface area contributed by atoms with E-state index < -0.39 is 23.5 Å². The molecule has 2 aromatic rings. The first-order chi connectivity index (χ1) is 13.4. The van der Waals surface area contributed by atoms with Crippen LogP contribution in [0.5, 0.6) is 0 Å². The largest absolute Gasteiger partial charge is 0.462 e. The van der Waals surface area contributed by atoms with Gasteiger partial charge in [-0.3, -0.25) is 9.59 Å². The summed E-state index contributed by atoms with van der Waals surface area (Å²) in [6.45, 7) is 5.89. The maximum atomic E-state index is 13.3. The smallest absolute Gasteiger partial charge is 0.340 e. The Morgan fingerprint density at radius 1 is 1.11 bits per heavy atom. The van der Waals surface area contributed by atoms with Gasteiger partial charge in [0.05, 0.1) is 12.2 Å². The first kappa shape index (κ1) is 21.3. The van der Waals surface area contributed by atoms with Gasteiger partial charge < -0.3 is 15.0 Å². The molecule has 0 aliphatic rings. The molecule has 0 radical (unpaired) electrons. The molecule has 0 saturated heterocycles. The zero-order valence-corrected chi connectivity index (χ0v) is 16.4. The van der Waals surface area contributed by atoms with Crippen molar-refractivity contribution in [2.24, 2.45) is 0 Å². The van der Waals surface area contributed by atoms with Crippen LogP contribution in [-0.2, 0) is 9.53 Å². The lowest BCUT2D eigenvalue weighted by molar-refractivity contribution is -0.117. The lowest BCUT2D eigenvalue weighted by Gasteiger charge is -2.08. The third kappa shape index (κ3) is 4.85. The molecular weight excluding hydrogens is 363 g/mol. The molecule has 0 aliphatic heterocycles. The van der Waals surface area contributed by atoms with Crippen LogP contribution in [0, 0.1) is 12.7 Å². The first-order valence-corrected chi connectivity index (χ1v) is 9.38. The minimum Gasteiger partial charge on any atom is -0.462 e. The summed E-state index contributed by atoms with van der Waals surface area (Å²) in [5.41, 5.74) is 1.23. The molecular formula is C21H25FN2O4. The molecule has 0 atom stereocenters. The number of Topliss-reactive ketones (excluding diaryl/α,β-unsaturated/α-hetero) is 1. The third-order valence-electron chi connectivity index (χ3n) is 4.30. The van der Waals surface area contributed by atoms with Crippen LogP contribution in [0.4, 0.5) is 4.39 Å². The number of aromatic nitrogens is 1. The highest BCUT2D eigenvalue weighted by Crippen LogP contribution is 2.31. The minimum atomic E-state index is -0.783. The number of ketones is 1. The van der Waals surface area contributed by atoms with E-state index in [1.807, 2.05) is 6.92 Å². The van der Waals surface area contributed by atoms with Crippen molar-refractivity contribution >= 4 is 17.7 Å². The predicted molar refractivity (Wildman–Crippen MR) is 104 cm³/mol. The summed E-state index contributed by atoms with van der Waals surface area (Å²) >= 11 is 0. The van der Waals surface area contributed by atoms with Gasteiger partial charge in [-0.05, 0) is 38.0 Å². The number of rotatable bonds is 9. The van der Waals surface area contributed by atoms with Crippen LogP contribution in [0.3, 0.4) is 0 Å². The second-order valence-corrected chi connectivity index (χ2v) is 6.39. The summed E-state index contributed by atoms with van der Waals surface area (Å²) in [7, 11) is 0. The lowest BCUT2D eigenvalue weighted by atomic mass is 9.98. The molecule has 1 aromatic heterocycles. The first-order valence-electron chi connectivity index (χ1n) is 9.38. The standard InChI is InChI=1S/C21H25FN2O4/c1-4-6-7-12-23-20(26)19(25)18-17(14-8-10-15(22)11-9-14)16(13(3)24-18)21(27)28-5-2/h8-11,24H,4-7,12H2,1-3H3,(H,23,26). The highest BCUT2D eigenvalue weighted by atomic mass is 19.1. The van der Waals surface area contributed by atoms with Crippen LogP contribution >= 0.6 is 0 Å². The van der Waals surface area contributed by atoms with E-state index in [4.69, 9.17) is 4.74 Å². The normalized spacial score (nSPS) is 10.6. The Balaban J connectivity index is 2.44. The van der Waals surface area contributed by atoms with Gasteiger partial charge in [0.1, 0.15) is 11.5 Å². The Morgan fingerprint density at radius 3 is 2.39 bits per heavy atom. The number of halogens is 1. The Morgan fingerprint density at radius 2 is 1.79 bits per heavy atom. The van der Waals surface area contributed by atoms with Crippen molar-refractivity contribution in [2.75, 3.05) is 13.2 Å². The van der Waals surface area contributed by atoms with Crippen LogP contribution in [0.15, 0.2) is 24.3 Å². The Hall–Kier alpha value is -2.96. The van der Waals surface area contributed by atoms with Gasteiger partial charge in [-0.15, -0.1) is 0 Å². The number of ether oxygens (including phenoxy) is 1. The van der Waals surface area contributed by atoms with Crippen LogP contribution in [0.1, 0.15) is 59.7 Å². The summed E-state index contributed by atoms with van der Waals surface area (Å²) in [4.78, 5) is 40.3. The quantitative estimate of drug-likeness (QED) is 0.296. The van der Waals surface area contributed by atoms with Gasteiger partial charge in [0.15, 0.2) is 0 Å². The second kappa shape index (κ2) is 9.82. The van der Waals surface area contributed by atoms with Gasteiger partial charge in [-0.2, -0.15) is 0 Å². The van der Waals surface area contributed by atoms with Gasteiger partial charge in [0.25, 0.3) is 11.7 Å². The van der Waals surface area contributed by atoms with Crippen LogP contribution < -0.4 is 5.32 Å². The Bertz CT molecular complexity index is 856. The van der Waals surface area contributed by atoms with E-state index >= 15 is 0 Å². The molecule has 1 heterocycles. The van der Waals surface area contributed by atoms with Gasteiger partial charge in [-0.1, -0.05) is 31.9 Å². The molecule has 6 nitrogen and oxygen atoms in total.